The molecule has 0 heterocycles. The highest BCUT2D eigenvalue weighted by molar-refractivity contribution is 7.95. The predicted octanol–water partition coefficient (Wildman–Crippen LogP) is 6.76. The van der Waals surface area contributed by atoms with Gasteiger partial charge in [-0.3, -0.25) is 4.79 Å². The van der Waals surface area contributed by atoms with E-state index in [-0.39, 0.29) is 23.3 Å². The van der Waals surface area contributed by atoms with Crippen molar-refractivity contribution in [2.75, 3.05) is 19.5 Å². The summed E-state index contributed by atoms with van der Waals surface area (Å²) in [4.78, 5) is 14.0. The summed E-state index contributed by atoms with van der Waals surface area (Å²) < 4.78 is 19.6. The van der Waals surface area contributed by atoms with Crippen LogP contribution >= 0.6 is 14.0 Å². The second kappa shape index (κ2) is 11.8. The monoisotopic (exact) mass is 552 g/mol. The van der Waals surface area contributed by atoms with E-state index in [2.05, 4.69) is 70.3 Å². The lowest BCUT2D eigenvalue weighted by molar-refractivity contribution is -0.113. The third-order valence-corrected chi connectivity index (χ3v) is 17.0. The second-order valence-corrected chi connectivity index (χ2v) is 23.3. The molecule has 1 atom stereocenters. The number of ketones is 1. The molecule has 6 heteroatoms. The Balaban J connectivity index is 2.17. The second-order valence-electron chi connectivity index (χ2n) is 11.8. The standard InChI is InChI=1S/C31H42O3P2Si/c1-31(2,3)37(6,7)34-27(25-35(4,5)33)23-26(32)24-36(28-17-11-8-12-18-28,29-19-13-9-14-20-29)30-21-15-10-16-22-30/h8-22,24,27H,23,25H2,1-7H3/t27-/m0/s1. The highest BCUT2D eigenvalue weighted by Crippen LogP contribution is 2.45. The number of benzene rings is 3. The molecule has 3 rings (SSSR count). The Morgan fingerprint density at radius 3 is 1.51 bits per heavy atom. The van der Waals surface area contributed by atoms with E-state index < -0.39 is 22.3 Å². The lowest BCUT2D eigenvalue weighted by Crippen LogP contribution is -2.45. The topological polar surface area (TPSA) is 43.4 Å². The number of hydrogen-bond acceptors (Lipinski definition) is 3. The van der Waals surface area contributed by atoms with Crippen LogP contribution in [0.3, 0.4) is 0 Å². The van der Waals surface area contributed by atoms with Crippen molar-refractivity contribution in [3.8, 4) is 0 Å². The van der Waals surface area contributed by atoms with Gasteiger partial charge in [-0.15, -0.1) is 0 Å². The fourth-order valence-electron chi connectivity index (χ4n) is 4.38. The molecule has 3 nitrogen and oxygen atoms in total. The number of carbonyl (C=O) groups is 1. The Morgan fingerprint density at radius 2 is 1.19 bits per heavy atom. The number of Topliss-reactive ketones (excluding diaryl/α,β-unsaturated/α-hetero) is 1. The minimum atomic E-state index is -2.40. The van der Waals surface area contributed by atoms with Gasteiger partial charge in [0.15, 0.2) is 14.1 Å². The van der Waals surface area contributed by atoms with Crippen molar-refractivity contribution in [3.63, 3.8) is 0 Å². The summed E-state index contributed by atoms with van der Waals surface area (Å²) in [7, 11) is -4.56. The van der Waals surface area contributed by atoms with E-state index >= 15 is 0 Å². The third-order valence-electron chi connectivity index (χ3n) is 7.17. The van der Waals surface area contributed by atoms with E-state index in [1.807, 2.05) is 60.4 Å². The van der Waals surface area contributed by atoms with Gasteiger partial charge in [0.05, 0.1) is 13.2 Å². The van der Waals surface area contributed by atoms with Gasteiger partial charge in [-0.05, 0) is 60.1 Å². The molecule has 0 aromatic heterocycles. The Kier molecular flexibility index (Phi) is 9.46. The van der Waals surface area contributed by atoms with Crippen LogP contribution < -0.4 is 15.9 Å². The van der Waals surface area contributed by atoms with E-state index in [4.69, 9.17) is 4.43 Å². The normalized spacial score (nSPS) is 13.7. The Bertz CT molecular complexity index is 1170. The van der Waals surface area contributed by atoms with Crippen molar-refractivity contribution < 1.29 is 13.8 Å². The molecule has 0 saturated carbocycles. The summed E-state index contributed by atoms with van der Waals surface area (Å²) in [5, 5.41) is 3.41. The van der Waals surface area contributed by atoms with Crippen LogP contribution in [-0.2, 0) is 13.8 Å². The lowest BCUT2D eigenvalue weighted by atomic mass is 10.2. The molecule has 198 valence electrons. The first-order valence-corrected chi connectivity index (χ1v) is 20.5. The fourth-order valence-corrected chi connectivity index (χ4v) is 10.9. The largest absolute Gasteiger partial charge is 0.413 e. The van der Waals surface area contributed by atoms with Crippen LogP contribution in [0.2, 0.25) is 18.1 Å². The summed E-state index contributed by atoms with van der Waals surface area (Å²) in [6.07, 6.45) is 0.272. The van der Waals surface area contributed by atoms with Gasteiger partial charge in [0.1, 0.15) is 0 Å². The Labute approximate surface area is 225 Å². The van der Waals surface area contributed by atoms with Gasteiger partial charge in [0.2, 0.25) is 0 Å². The van der Waals surface area contributed by atoms with Crippen molar-refractivity contribution in [2.24, 2.45) is 0 Å². The molecular formula is C31H42O3P2Si. The first kappa shape index (κ1) is 29.6. The first-order chi connectivity index (χ1) is 17.2. The minimum absolute atomic E-state index is 0.00163. The summed E-state index contributed by atoms with van der Waals surface area (Å²) in [6, 6.07) is 31.1. The van der Waals surface area contributed by atoms with E-state index in [1.54, 1.807) is 13.3 Å². The van der Waals surface area contributed by atoms with Gasteiger partial charge in [-0.1, -0.05) is 112 Å². The van der Waals surface area contributed by atoms with Gasteiger partial charge in [-0.2, -0.15) is 0 Å². The maximum atomic E-state index is 14.0. The first-order valence-electron chi connectivity index (χ1n) is 12.9. The van der Waals surface area contributed by atoms with E-state index in [1.165, 1.54) is 0 Å². The van der Waals surface area contributed by atoms with Crippen LogP contribution in [0, 0.1) is 0 Å². The van der Waals surface area contributed by atoms with Crippen molar-refractivity contribution >= 4 is 49.8 Å². The zero-order valence-corrected chi connectivity index (χ0v) is 26.1. The average Bonchev–Trinajstić information content (AvgIpc) is 2.82. The van der Waals surface area contributed by atoms with Gasteiger partial charge in [0.25, 0.3) is 0 Å². The van der Waals surface area contributed by atoms with Crippen LogP contribution in [0.5, 0.6) is 0 Å². The van der Waals surface area contributed by atoms with Crippen molar-refractivity contribution in [2.45, 2.75) is 51.4 Å². The molecular weight excluding hydrogens is 510 g/mol. The van der Waals surface area contributed by atoms with Crippen LogP contribution in [0.1, 0.15) is 27.2 Å². The highest BCUT2D eigenvalue weighted by atomic mass is 31.2. The van der Waals surface area contributed by atoms with Crippen molar-refractivity contribution in [1.82, 2.24) is 0 Å². The molecule has 0 radical (unpaired) electrons. The molecule has 0 spiro atoms. The SMILES string of the molecule is CC(C)(C)[Si](C)(C)O[C@@H](CC(=O)C=P(c1ccccc1)(c1ccccc1)c1ccccc1)CP(C)(C)=O. The smallest absolute Gasteiger partial charge is 0.192 e. The lowest BCUT2D eigenvalue weighted by Gasteiger charge is -2.39. The van der Waals surface area contributed by atoms with Crippen LogP contribution in [0.4, 0.5) is 0 Å². The van der Waals surface area contributed by atoms with Gasteiger partial charge in [0, 0.05) is 12.6 Å². The number of hydrogen-bond donors (Lipinski definition) is 0. The van der Waals surface area contributed by atoms with Crippen LogP contribution in [0.15, 0.2) is 91.0 Å². The summed E-state index contributed by atoms with van der Waals surface area (Å²) >= 11 is 0. The molecule has 0 saturated heterocycles. The van der Waals surface area contributed by atoms with E-state index in [0.717, 1.165) is 15.9 Å². The van der Waals surface area contributed by atoms with E-state index in [9.17, 15) is 9.36 Å². The van der Waals surface area contributed by atoms with Gasteiger partial charge < -0.3 is 8.99 Å². The molecule has 3 aromatic rings. The van der Waals surface area contributed by atoms with Crippen LogP contribution in [-0.4, -0.2) is 45.5 Å². The molecule has 0 bridgehead atoms. The van der Waals surface area contributed by atoms with Gasteiger partial charge >= 0.3 is 0 Å². The van der Waals surface area contributed by atoms with Crippen molar-refractivity contribution in [1.29, 1.82) is 0 Å². The van der Waals surface area contributed by atoms with E-state index in [0.29, 0.717) is 6.16 Å². The fraction of sp³-hybridized carbons (Fsp3) is 0.355. The summed E-state index contributed by atoms with van der Waals surface area (Å²) in [5.74, 6) is 2.02. The summed E-state index contributed by atoms with van der Waals surface area (Å²) in [5.41, 5.74) is 0. The average molecular weight is 553 g/mol. The molecule has 0 amide bonds. The molecule has 0 aliphatic carbocycles. The Morgan fingerprint density at radius 1 is 0.811 bits per heavy atom. The number of carbonyl (C=O) groups excluding carboxylic acids is 1. The maximum Gasteiger partial charge on any atom is 0.192 e. The minimum Gasteiger partial charge on any atom is -0.413 e. The zero-order valence-electron chi connectivity index (χ0n) is 23.3. The molecule has 0 fully saturated rings. The quantitative estimate of drug-likeness (QED) is 0.206. The van der Waals surface area contributed by atoms with Gasteiger partial charge in [-0.25, -0.2) is 0 Å². The van der Waals surface area contributed by atoms with Crippen molar-refractivity contribution in [3.05, 3.63) is 91.0 Å². The molecule has 37 heavy (non-hydrogen) atoms. The molecule has 0 aliphatic heterocycles. The molecule has 0 aliphatic rings. The maximum absolute atomic E-state index is 14.0. The predicted molar refractivity (Wildman–Crippen MR) is 167 cm³/mol. The van der Waals surface area contributed by atoms with Crippen LogP contribution in [0.25, 0.3) is 0 Å². The zero-order chi connectivity index (χ0) is 27.3. The highest BCUT2D eigenvalue weighted by Gasteiger charge is 2.40. The molecule has 0 unspecified atom stereocenters. The summed E-state index contributed by atoms with van der Waals surface area (Å²) in [6.45, 7) is 12.2. The molecule has 0 N–H and O–H groups in total. The number of rotatable bonds is 10. The third kappa shape index (κ3) is 7.55. The molecule has 3 aromatic carbocycles. The Hall–Kier alpha value is -1.96.